The molecule has 3 nitrogen and oxygen atoms in total. The second kappa shape index (κ2) is 3.07. The lowest BCUT2D eigenvalue weighted by atomic mass is 9.92. The lowest BCUT2D eigenvalue weighted by Crippen LogP contribution is -2.13. The fourth-order valence-corrected chi connectivity index (χ4v) is 2.38. The van der Waals surface area contributed by atoms with Crippen LogP contribution in [0.15, 0.2) is 24.5 Å². The van der Waals surface area contributed by atoms with Gasteiger partial charge in [0.05, 0.1) is 17.4 Å². The van der Waals surface area contributed by atoms with Crippen molar-refractivity contribution in [1.82, 2.24) is 9.97 Å². The molecule has 0 bridgehead atoms. The molecule has 0 spiro atoms. The average Bonchev–Trinajstić information content (AvgIpc) is 2.89. The summed E-state index contributed by atoms with van der Waals surface area (Å²) in [5, 5.41) is 0. The molecule has 3 rings (SSSR count). The van der Waals surface area contributed by atoms with Crippen molar-refractivity contribution in [2.45, 2.75) is 24.7 Å². The largest absolute Gasteiger partial charge is 0.345 e. The molecule has 0 saturated heterocycles. The number of nitrogens with two attached hydrogens (primary N) is 1. The van der Waals surface area contributed by atoms with Crippen molar-refractivity contribution in [2.24, 2.45) is 5.73 Å². The molecule has 0 radical (unpaired) electrons. The van der Waals surface area contributed by atoms with Crippen LogP contribution in [-0.4, -0.2) is 16.5 Å². The predicted molar refractivity (Wildman–Crippen MR) is 60.7 cm³/mol. The lowest BCUT2D eigenvalue weighted by Gasteiger charge is -2.14. The van der Waals surface area contributed by atoms with Gasteiger partial charge in [-0.2, -0.15) is 0 Å². The Morgan fingerprint density at radius 2 is 2.27 bits per heavy atom. The van der Waals surface area contributed by atoms with Gasteiger partial charge >= 0.3 is 0 Å². The van der Waals surface area contributed by atoms with Gasteiger partial charge in [0.15, 0.2) is 0 Å². The average molecular weight is 201 g/mol. The van der Waals surface area contributed by atoms with Gasteiger partial charge < -0.3 is 10.7 Å². The van der Waals surface area contributed by atoms with Gasteiger partial charge in [0.25, 0.3) is 0 Å². The number of H-pyrrole nitrogens is 1. The molecule has 1 fully saturated rings. The number of fused-ring (bicyclic) bond motifs is 1. The van der Waals surface area contributed by atoms with E-state index in [2.05, 4.69) is 28.2 Å². The SMILES string of the molecule is NCCC1(c2ccc3nc[nH]c3c2)CC1. The molecule has 1 aliphatic rings. The molecule has 2 aromatic rings. The predicted octanol–water partition coefficient (Wildman–Crippen LogP) is 1.94. The van der Waals surface area contributed by atoms with E-state index in [9.17, 15) is 0 Å². The summed E-state index contributed by atoms with van der Waals surface area (Å²) in [6.07, 6.45) is 5.41. The van der Waals surface area contributed by atoms with E-state index >= 15 is 0 Å². The number of hydrogen-bond donors (Lipinski definition) is 2. The molecule has 0 atom stereocenters. The van der Waals surface area contributed by atoms with E-state index in [-0.39, 0.29) is 0 Å². The first-order chi connectivity index (χ1) is 7.34. The number of imidazole rings is 1. The Labute approximate surface area is 88.7 Å². The van der Waals surface area contributed by atoms with Crippen LogP contribution < -0.4 is 5.73 Å². The Hall–Kier alpha value is -1.35. The Balaban J connectivity index is 2.04. The third-order valence-electron chi connectivity index (χ3n) is 3.51. The first kappa shape index (κ1) is 8.92. The molecule has 3 N–H and O–H groups in total. The Kier molecular flexibility index (Phi) is 1.83. The summed E-state index contributed by atoms with van der Waals surface area (Å²) < 4.78 is 0. The number of aromatic nitrogens is 2. The molecule has 3 heteroatoms. The summed E-state index contributed by atoms with van der Waals surface area (Å²) in [5.74, 6) is 0. The van der Waals surface area contributed by atoms with E-state index in [0.29, 0.717) is 5.41 Å². The van der Waals surface area contributed by atoms with Crippen molar-refractivity contribution >= 4 is 11.0 Å². The van der Waals surface area contributed by atoms with Gasteiger partial charge in [-0.25, -0.2) is 4.98 Å². The molecule has 1 aliphatic carbocycles. The van der Waals surface area contributed by atoms with E-state index in [4.69, 9.17) is 5.73 Å². The minimum absolute atomic E-state index is 0.383. The maximum Gasteiger partial charge on any atom is 0.0931 e. The van der Waals surface area contributed by atoms with Crippen molar-refractivity contribution in [3.63, 3.8) is 0 Å². The quantitative estimate of drug-likeness (QED) is 0.797. The van der Waals surface area contributed by atoms with Crippen molar-refractivity contribution < 1.29 is 0 Å². The Morgan fingerprint density at radius 3 is 3.00 bits per heavy atom. The smallest absolute Gasteiger partial charge is 0.0931 e. The van der Waals surface area contributed by atoms with Crippen molar-refractivity contribution in [3.05, 3.63) is 30.1 Å². The van der Waals surface area contributed by atoms with E-state index in [1.807, 2.05) is 0 Å². The first-order valence-electron chi connectivity index (χ1n) is 5.48. The van der Waals surface area contributed by atoms with Gasteiger partial charge in [-0.3, -0.25) is 0 Å². The number of aromatic amines is 1. The van der Waals surface area contributed by atoms with Crippen LogP contribution in [-0.2, 0) is 5.41 Å². The van der Waals surface area contributed by atoms with Crippen LogP contribution in [0, 0.1) is 0 Å². The van der Waals surface area contributed by atoms with Crippen LogP contribution in [0.5, 0.6) is 0 Å². The van der Waals surface area contributed by atoms with E-state index < -0.39 is 0 Å². The highest BCUT2D eigenvalue weighted by molar-refractivity contribution is 5.75. The molecule has 1 aromatic heterocycles. The zero-order valence-corrected chi connectivity index (χ0v) is 8.66. The van der Waals surface area contributed by atoms with E-state index in [0.717, 1.165) is 24.0 Å². The lowest BCUT2D eigenvalue weighted by molar-refractivity contribution is 0.630. The van der Waals surface area contributed by atoms with Crippen molar-refractivity contribution in [1.29, 1.82) is 0 Å². The van der Waals surface area contributed by atoms with Crippen LogP contribution in [0.3, 0.4) is 0 Å². The van der Waals surface area contributed by atoms with Crippen LogP contribution >= 0.6 is 0 Å². The molecule has 0 amide bonds. The summed E-state index contributed by atoms with van der Waals surface area (Å²) in [7, 11) is 0. The highest BCUT2D eigenvalue weighted by atomic mass is 14.9. The van der Waals surface area contributed by atoms with Gasteiger partial charge in [0.1, 0.15) is 0 Å². The third-order valence-corrected chi connectivity index (χ3v) is 3.51. The minimum Gasteiger partial charge on any atom is -0.345 e. The van der Waals surface area contributed by atoms with Crippen LogP contribution in [0.4, 0.5) is 0 Å². The van der Waals surface area contributed by atoms with Crippen LogP contribution in [0.2, 0.25) is 0 Å². The normalized spacial score (nSPS) is 18.2. The van der Waals surface area contributed by atoms with Gasteiger partial charge in [0.2, 0.25) is 0 Å². The molecular weight excluding hydrogens is 186 g/mol. The van der Waals surface area contributed by atoms with E-state index in [1.54, 1.807) is 6.33 Å². The molecule has 1 saturated carbocycles. The second-order valence-electron chi connectivity index (χ2n) is 4.45. The number of rotatable bonds is 3. The summed E-state index contributed by atoms with van der Waals surface area (Å²) in [4.78, 5) is 7.39. The fourth-order valence-electron chi connectivity index (χ4n) is 2.38. The molecule has 78 valence electrons. The molecule has 0 unspecified atom stereocenters. The fraction of sp³-hybridized carbons (Fsp3) is 0.417. The summed E-state index contributed by atoms with van der Waals surface area (Å²) in [6, 6.07) is 6.52. The molecular formula is C12H15N3. The summed E-state index contributed by atoms with van der Waals surface area (Å²) in [5.41, 5.74) is 9.65. The first-order valence-corrected chi connectivity index (χ1v) is 5.48. The molecule has 0 aliphatic heterocycles. The number of hydrogen-bond acceptors (Lipinski definition) is 2. The highest BCUT2D eigenvalue weighted by Gasteiger charge is 2.43. The number of nitrogens with zero attached hydrogens (tertiary/aromatic N) is 1. The Morgan fingerprint density at radius 1 is 1.40 bits per heavy atom. The van der Waals surface area contributed by atoms with Crippen LogP contribution in [0.1, 0.15) is 24.8 Å². The molecule has 1 aromatic carbocycles. The molecule has 15 heavy (non-hydrogen) atoms. The Bertz CT molecular complexity index is 482. The zero-order valence-electron chi connectivity index (χ0n) is 8.66. The maximum absolute atomic E-state index is 5.66. The van der Waals surface area contributed by atoms with Gasteiger partial charge in [-0.05, 0) is 48.9 Å². The highest BCUT2D eigenvalue weighted by Crippen LogP contribution is 2.50. The van der Waals surface area contributed by atoms with E-state index in [1.165, 1.54) is 18.4 Å². The third kappa shape index (κ3) is 1.35. The monoisotopic (exact) mass is 201 g/mol. The minimum atomic E-state index is 0.383. The van der Waals surface area contributed by atoms with Gasteiger partial charge in [-0.1, -0.05) is 6.07 Å². The van der Waals surface area contributed by atoms with Crippen molar-refractivity contribution in [3.8, 4) is 0 Å². The topological polar surface area (TPSA) is 54.7 Å². The van der Waals surface area contributed by atoms with Crippen molar-refractivity contribution in [2.75, 3.05) is 6.54 Å². The summed E-state index contributed by atoms with van der Waals surface area (Å²) >= 11 is 0. The number of benzene rings is 1. The van der Waals surface area contributed by atoms with Gasteiger partial charge in [-0.15, -0.1) is 0 Å². The zero-order chi connectivity index (χ0) is 10.3. The second-order valence-corrected chi connectivity index (χ2v) is 4.45. The standard InChI is InChI=1S/C12H15N3/c13-6-5-12(3-4-12)9-1-2-10-11(7-9)15-8-14-10/h1-2,7-8H,3-6,13H2,(H,14,15). The number of nitrogens with one attached hydrogen (secondary N) is 1. The summed E-state index contributed by atoms with van der Waals surface area (Å²) in [6.45, 7) is 0.779. The van der Waals surface area contributed by atoms with Crippen LogP contribution in [0.25, 0.3) is 11.0 Å². The molecule has 1 heterocycles. The van der Waals surface area contributed by atoms with Gasteiger partial charge in [0, 0.05) is 0 Å². The maximum atomic E-state index is 5.66.